The molecule has 2 aromatic carbocycles. The van der Waals surface area contributed by atoms with Crippen molar-refractivity contribution in [3.8, 4) is 11.5 Å². The maximum Gasteiger partial charge on any atom is 0.126 e. The van der Waals surface area contributed by atoms with Crippen molar-refractivity contribution in [1.82, 2.24) is 4.67 Å². The fourth-order valence-electron chi connectivity index (χ4n) is 4.09. The number of halogens is 2. The van der Waals surface area contributed by atoms with Gasteiger partial charge in [0.25, 0.3) is 0 Å². The average molecular weight is 486 g/mol. The van der Waals surface area contributed by atoms with E-state index in [2.05, 4.69) is 9.39 Å². The number of hydrogen-bond donors (Lipinski definition) is 2. The van der Waals surface area contributed by atoms with Crippen LogP contribution in [0.2, 0.25) is 0 Å². The summed E-state index contributed by atoms with van der Waals surface area (Å²) < 4.78 is 40.1. The van der Waals surface area contributed by atoms with Crippen LogP contribution < -0.4 is 9.47 Å². The Labute approximate surface area is 199 Å². The molecule has 5 nitrogen and oxygen atoms in total. The van der Waals surface area contributed by atoms with Crippen molar-refractivity contribution in [2.24, 2.45) is 0 Å². The molecule has 0 amide bonds. The van der Waals surface area contributed by atoms with Crippen molar-refractivity contribution in [3.63, 3.8) is 0 Å². The predicted molar refractivity (Wildman–Crippen MR) is 132 cm³/mol. The zero-order valence-corrected chi connectivity index (χ0v) is 17.7. The molecule has 2 N–H and O–H groups in total. The number of hydrogen-bond acceptors (Lipinski definition) is 5. The lowest BCUT2D eigenvalue weighted by atomic mass is 9.98. The van der Waals surface area contributed by atoms with Crippen LogP contribution in [-0.2, 0) is 12.8 Å². The fraction of sp³-hybridized carbons (Fsp3) is 0.520. The number of nitrogens with zero attached hydrogens (tertiary/aromatic N) is 1. The lowest BCUT2D eigenvalue weighted by molar-refractivity contribution is -0.00758. The highest BCUT2D eigenvalue weighted by atomic mass is 31.0. The molecule has 0 saturated heterocycles. The molecule has 4 rings (SSSR count). The molecule has 0 aromatic heterocycles. The van der Waals surface area contributed by atoms with Gasteiger partial charge in [0, 0.05) is 13.1 Å². The van der Waals surface area contributed by atoms with Gasteiger partial charge in [-0.2, -0.15) is 0 Å². The monoisotopic (exact) mass is 485 g/mol. The first-order valence-corrected chi connectivity index (χ1v) is 10.7. The van der Waals surface area contributed by atoms with E-state index in [-0.39, 0.29) is 47.0 Å². The number of benzene rings is 2. The number of aryl methyl sites for hydroxylation is 2. The highest BCUT2D eigenvalue weighted by Gasteiger charge is 2.30. The second-order valence-electron chi connectivity index (χ2n) is 7.98. The van der Waals surface area contributed by atoms with Crippen LogP contribution in [0.5, 0.6) is 11.5 Å². The Kier molecular flexibility index (Phi) is 11.2. The minimum atomic E-state index is -0.760. The highest BCUT2D eigenvalue weighted by molar-refractivity contribution is 7.13. The molecular weight excluding hydrogens is 447 g/mol. The molecule has 5 unspecified atom stereocenters. The van der Waals surface area contributed by atoms with E-state index >= 15 is 0 Å². The Morgan fingerprint density at radius 1 is 0.818 bits per heavy atom. The first-order chi connectivity index (χ1) is 14.4. The topological polar surface area (TPSA) is 62.2 Å². The number of rotatable bonds is 6. The summed E-state index contributed by atoms with van der Waals surface area (Å²) >= 11 is 0. The number of fused-ring (bicyclic) bond motifs is 2. The smallest absolute Gasteiger partial charge is 0.126 e. The summed E-state index contributed by atoms with van der Waals surface area (Å²) in [5.74, 6) is 0.624. The summed E-state index contributed by atoms with van der Waals surface area (Å²) in [6, 6.07) is 8.82. The maximum absolute atomic E-state index is 13.3. The lowest BCUT2D eigenvalue weighted by Gasteiger charge is -2.34. The van der Waals surface area contributed by atoms with E-state index in [0.29, 0.717) is 37.2 Å². The predicted octanol–water partition coefficient (Wildman–Crippen LogP) is 4.77. The molecule has 2 aromatic rings. The first-order valence-electron chi connectivity index (χ1n) is 10.1. The van der Waals surface area contributed by atoms with Crippen LogP contribution in [0.25, 0.3) is 0 Å². The van der Waals surface area contributed by atoms with Crippen LogP contribution in [0.3, 0.4) is 0 Å². The highest BCUT2D eigenvalue weighted by Crippen LogP contribution is 2.31. The van der Waals surface area contributed by atoms with E-state index in [4.69, 9.17) is 9.47 Å². The number of aliphatic hydroxyl groups is 2. The largest absolute Gasteiger partial charge is 0.487 e. The van der Waals surface area contributed by atoms with Crippen molar-refractivity contribution in [2.75, 3.05) is 13.1 Å². The van der Waals surface area contributed by atoms with E-state index in [1.165, 1.54) is 24.3 Å². The lowest BCUT2D eigenvalue weighted by Crippen LogP contribution is -2.45. The molecular formula is C25H38F2NO4P. The summed E-state index contributed by atoms with van der Waals surface area (Å²) in [6.07, 6.45) is 0.170. The van der Waals surface area contributed by atoms with E-state index < -0.39 is 24.4 Å². The van der Waals surface area contributed by atoms with Crippen molar-refractivity contribution < 1.29 is 28.5 Å². The SMILES string of the molecule is C.C.C.OC(CN(P)CC(O)C1CCc2cc(F)ccc2O1)C1CCc2cc(F)ccc2O1. The molecule has 8 heteroatoms. The Balaban J connectivity index is 0.00000181. The molecule has 0 spiro atoms. The third-order valence-corrected chi connectivity index (χ3v) is 6.12. The minimum Gasteiger partial charge on any atom is -0.487 e. The van der Waals surface area contributed by atoms with Crippen LogP contribution in [0.4, 0.5) is 8.78 Å². The van der Waals surface area contributed by atoms with E-state index in [1.54, 1.807) is 16.8 Å². The quantitative estimate of drug-likeness (QED) is 0.577. The van der Waals surface area contributed by atoms with Gasteiger partial charge in [0.2, 0.25) is 0 Å². The molecule has 2 heterocycles. The summed E-state index contributed by atoms with van der Waals surface area (Å²) in [7, 11) is 2.52. The second kappa shape index (κ2) is 12.6. The Bertz CT molecular complexity index is 829. The van der Waals surface area contributed by atoms with Gasteiger partial charge in [0.1, 0.15) is 47.5 Å². The normalized spacial score (nSPS) is 20.4. The van der Waals surface area contributed by atoms with Gasteiger partial charge in [-0.1, -0.05) is 31.7 Å². The van der Waals surface area contributed by atoms with E-state index in [1.807, 2.05) is 0 Å². The van der Waals surface area contributed by atoms with Crippen LogP contribution in [0.1, 0.15) is 46.2 Å². The van der Waals surface area contributed by atoms with Crippen molar-refractivity contribution in [1.29, 1.82) is 0 Å². The van der Waals surface area contributed by atoms with Crippen LogP contribution in [0.15, 0.2) is 36.4 Å². The number of ether oxygens (including phenoxy) is 2. The average Bonchev–Trinajstić information content (AvgIpc) is 2.72. The molecule has 33 heavy (non-hydrogen) atoms. The molecule has 0 aliphatic carbocycles. The molecule has 2 aliphatic rings. The van der Waals surface area contributed by atoms with Crippen molar-refractivity contribution in [3.05, 3.63) is 59.2 Å². The van der Waals surface area contributed by atoms with Gasteiger partial charge >= 0.3 is 0 Å². The summed E-state index contributed by atoms with van der Waals surface area (Å²) in [6.45, 7) is 0.578. The van der Waals surface area contributed by atoms with Crippen LogP contribution in [0, 0.1) is 11.6 Å². The van der Waals surface area contributed by atoms with Gasteiger partial charge in [-0.15, -0.1) is 0 Å². The summed E-state index contributed by atoms with van der Waals surface area (Å²) in [4.78, 5) is 0. The molecule has 0 fully saturated rings. The molecule has 5 atom stereocenters. The van der Waals surface area contributed by atoms with Crippen molar-refractivity contribution in [2.45, 2.75) is 72.4 Å². The van der Waals surface area contributed by atoms with Gasteiger partial charge in [-0.25, -0.2) is 8.78 Å². The van der Waals surface area contributed by atoms with Crippen LogP contribution in [-0.4, -0.2) is 52.4 Å². The molecule has 0 bridgehead atoms. The van der Waals surface area contributed by atoms with Crippen LogP contribution >= 0.6 is 9.39 Å². The molecule has 0 radical (unpaired) electrons. The van der Waals surface area contributed by atoms with Crippen molar-refractivity contribution >= 4 is 9.39 Å². The van der Waals surface area contributed by atoms with E-state index in [0.717, 1.165) is 11.1 Å². The zero-order valence-electron chi connectivity index (χ0n) is 16.5. The maximum atomic E-state index is 13.3. The Hall–Kier alpha value is -1.79. The van der Waals surface area contributed by atoms with E-state index in [9.17, 15) is 19.0 Å². The van der Waals surface area contributed by atoms with Gasteiger partial charge < -0.3 is 19.7 Å². The third kappa shape index (κ3) is 7.10. The third-order valence-electron chi connectivity index (χ3n) is 5.70. The Morgan fingerprint density at radius 2 is 1.21 bits per heavy atom. The molecule has 2 aliphatic heterocycles. The Morgan fingerprint density at radius 3 is 1.61 bits per heavy atom. The molecule has 186 valence electrons. The van der Waals surface area contributed by atoms with Gasteiger partial charge in [0.15, 0.2) is 0 Å². The van der Waals surface area contributed by atoms with Gasteiger partial charge in [-0.3, -0.25) is 4.67 Å². The fourth-order valence-corrected chi connectivity index (χ4v) is 4.52. The number of aliphatic hydroxyl groups excluding tert-OH is 2. The first kappa shape index (κ1) is 29.2. The zero-order chi connectivity index (χ0) is 21.3. The second-order valence-corrected chi connectivity index (χ2v) is 8.71. The standard InChI is InChI=1S/C22H26F2NO4P.3CH4/c23-15-3-7-19-13(9-15)1-5-21(28-19)17(26)11-25(30)12-18(27)22-6-2-14-10-16(24)4-8-20(14)29-22;;;/h3-4,7-10,17-18,21-22,26-27H,1-2,5-6,11-12,30H2;3*1H4. The van der Waals surface area contributed by atoms with Gasteiger partial charge in [0.05, 0.1) is 0 Å². The molecule has 0 saturated carbocycles. The van der Waals surface area contributed by atoms with Gasteiger partial charge in [-0.05, 0) is 73.2 Å². The summed E-state index contributed by atoms with van der Waals surface area (Å²) in [5.41, 5.74) is 1.62. The summed E-state index contributed by atoms with van der Waals surface area (Å²) in [5, 5.41) is 21.2. The minimum absolute atomic E-state index is 0.